The predicted molar refractivity (Wildman–Crippen MR) is 109 cm³/mol. The number of carbonyl (C=O) groups excluding carboxylic acids is 2. The van der Waals surface area contributed by atoms with E-state index in [1.165, 1.54) is 12.2 Å². The molecule has 0 spiro atoms. The molecular weight excluding hydrogens is 352 g/mol. The molecule has 0 heterocycles. The molecule has 2 bridgehead atoms. The predicted octanol–water partition coefficient (Wildman–Crippen LogP) is 5.20. The Morgan fingerprint density at radius 3 is 2.04 bits per heavy atom. The third-order valence-electron chi connectivity index (χ3n) is 6.30. The smallest absolute Gasteiger partial charge is 0.335 e. The van der Waals surface area contributed by atoms with Crippen molar-refractivity contribution in [2.45, 2.75) is 44.9 Å². The standard InChI is InChI=1S/C24H24O4/c1-5-14-8-9-17-18(12-14)24(28-20(26)7-3)22-16-11-10-15(13(16)4)21(22)23(17)27-19(25)6-2/h6-9,12-13,15-16H,2-3,5,10-11H2,1,4H3. The Bertz CT molecular complexity index is 1020. The van der Waals surface area contributed by atoms with E-state index in [1.54, 1.807) is 0 Å². The van der Waals surface area contributed by atoms with Crippen LogP contribution in [-0.4, -0.2) is 11.9 Å². The van der Waals surface area contributed by atoms with E-state index in [2.05, 4.69) is 27.0 Å². The first kappa shape index (κ1) is 18.5. The van der Waals surface area contributed by atoms with Crippen LogP contribution < -0.4 is 9.47 Å². The van der Waals surface area contributed by atoms with Gasteiger partial charge in [-0.2, -0.15) is 0 Å². The summed E-state index contributed by atoms with van der Waals surface area (Å²) in [5.74, 6) is 1.25. The maximum Gasteiger partial charge on any atom is 0.335 e. The normalized spacial score (nSPS) is 22.0. The molecule has 4 heteroatoms. The van der Waals surface area contributed by atoms with Crippen molar-refractivity contribution in [2.24, 2.45) is 5.92 Å². The average Bonchev–Trinajstić information content (AvgIpc) is 3.22. The Kier molecular flexibility index (Phi) is 4.58. The number of esters is 2. The lowest BCUT2D eigenvalue weighted by Crippen LogP contribution is -2.12. The molecule has 0 amide bonds. The van der Waals surface area contributed by atoms with Crippen molar-refractivity contribution in [2.75, 3.05) is 0 Å². The maximum atomic E-state index is 12.1. The van der Waals surface area contributed by atoms with Gasteiger partial charge in [0.15, 0.2) is 0 Å². The lowest BCUT2D eigenvalue weighted by atomic mass is 9.86. The van der Waals surface area contributed by atoms with Gasteiger partial charge in [0, 0.05) is 34.1 Å². The maximum absolute atomic E-state index is 12.1. The number of ether oxygens (including phenoxy) is 2. The molecule has 0 aromatic heterocycles. The molecule has 0 aliphatic heterocycles. The fraction of sp³-hybridized carbons (Fsp3) is 0.333. The van der Waals surface area contributed by atoms with E-state index in [4.69, 9.17) is 9.47 Å². The molecule has 3 atom stereocenters. The zero-order valence-electron chi connectivity index (χ0n) is 16.3. The largest absolute Gasteiger partial charge is 0.422 e. The van der Waals surface area contributed by atoms with Gasteiger partial charge in [0.2, 0.25) is 0 Å². The molecule has 1 fully saturated rings. The van der Waals surface area contributed by atoms with Crippen molar-refractivity contribution >= 4 is 22.7 Å². The van der Waals surface area contributed by atoms with Gasteiger partial charge in [-0.3, -0.25) is 0 Å². The van der Waals surface area contributed by atoms with E-state index in [9.17, 15) is 9.59 Å². The van der Waals surface area contributed by atoms with Gasteiger partial charge in [-0.05, 0) is 48.6 Å². The summed E-state index contributed by atoms with van der Waals surface area (Å²) in [6.45, 7) is 11.4. The van der Waals surface area contributed by atoms with Crippen LogP contribution in [0.2, 0.25) is 0 Å². The summed E-state index contributed by atoms with van der Waals surface area (Å²) in [5.41, 5.74) is 3.16. The monoisotopic (exact) mass is 376 g/mol. The van der Waals surface area contributed by atoms with Crippen molar-refractivity contribution in [1.82, 2.24) is 0 Å². The van der Waals surface area contributed by atoms with Gasteiger partial charge in [0.05, 0.1) is 0 Å². The number of aryl methyl sites for hydroxylation is 1. The SMILES string of the molecule is C=CC(=O)Oc1c2c(c(OC(=O)C=C)c3cc(CC)ccc13)C1CCC2C1C. The minimum Gasteiger partial charge on any atom is -0.422 e. The first-order valence-corrected chi connectivity index (χ1v) is 9.81. The molecule has 2 aromatic carbocycles. The van der Waals surface area contributed by atoms with Crippen LogP contribution in [0.4, 0.5) is 0 Å². The molecule has 0 N–H and O–H groups in total. The van der Waals surface area contributed by atoms with Crippen LogP contribution in [0.15, 0.2) is 43.5 Å². The van der Waals surface area contributed by atoms with Crippen LogP contribution in [-0.2, 0) is 16.0 Å². The molecule has 4 nitrogen and oxygen atoms in total. The number of hydrogen-bond acceptors (Lipinski definition) is 4. The van der Waals surface area contributed by atoms with Crippen molar-refractivity contribution < 1.29 is 19.1 Å². The van der Waals surface area contributed by atoms with Crippen LogP contribution >= 0.6 is 0 Å². The first-order chi connectivity index (χ1) is 13.5. The van der Waals surface area contributed by atoms with E-state index in [1.807, 2.05) is 18.2 Å². The summed E-state index contributed by atoms with van der Waals surface area (Å²) in [7, 11) is 0. The molecule has 2 aliphatic carbocycles. The molecule has 0 radical (unpaired) electrons. The highest BCUT2D eigenvalue weighted by atomic mass is 16.5. The quantitative estimate of drug-likeness (QED) is 0.409. The number of fused-ring (bicyclic) bond motifs is 6. The topological polar surface area (TPSA) is 52.6 Å². The van der Waals surface area contributed by atoms with Gasteiger partial charge < -0.3 is 9.47 Å². The Labute approximate surface area is 164 Å². The highest BCUT2D eigenvalue weighted by Gasteiger charge is 2.48. The fourth-order valence-corrected chi connectivity index (χ4v) is 4.95. The molecule has 1 saturated carbocycles. The Hall–Kier alpha value is -2.88. The van der Waals surface area contributed by atoms with E-state index >= 15 is 0 Å². The van der Waals surface area contributed by atoms with E-state index in [0.29, 0.717) is 29.3 Å². The molecule has 4 rings (SSSR count). The first-order valence-electron chi connectivity index (χ1n) is 9.81. The van der Waals surface area contributed by atoms with Crippen molar-refractivity contribution in [3.63, 3.8) is 0 Å². The van der Waals surface area contributed by atoms with Gasteiger partial charge in [0.25, 0.3) is 0 Å². The van der Waals surface area contributed by atoms with Crippen molar-refractivity contribution in [3.05, 3.63) is 60.2 Å². The van der Waals surface area contributed by atoms with Crippen molar-refractivity contribution in [3.8, 4) is 11.5 Å². The summed E-state index contributed by atoms with van der Waals surface area (Å²) in [4.78, 5) is 24.2. The van der Waals surface area contributed by atoms with Crippen molar-refractivity contribution in [1.29, 1.82) is 0 Å². The molecule has 3 unspecified atom stereocenters. The molecule has 144 valence electrons. The lowest BCUT2D eigenvalue weighted by Gasteiger charge is -2.24. The number of hydrogen-bond donors (Lipinski definition) is 0. The Balaban J connectivity index is 2.08. The van der Waals surface area contributed by atoms with Crippen LogP contribution in [0.5, 0.6) is 11.5 Å². The van der Waals surface area contributed by atoms with Gasteiger partial charge in [-0.25, -0.2) is 9.59 Å². The molecule has 28 heavy (non-hydrogen) atoms. The summed E-state index contributed by atoms with van der Waals surface area (Å²) in [6, 6.07) is 6.01. The zero-order valence-corrected chi connectivity index (χ0v) is 16.3. The van der Waals surface area contributed by atoms with Crippen LogP contribution in [0.1, 0.15) is 55.2 Å². The lowest BCUT2D eigenvalue weighted by molar-refractivity contribution is -0.130. The van der Waals surface area contributed by atoms with Gasteiger partial charge >= 0.3 is 11.9 Å². The molecule has 2 aromatic rings. The number of benzene rings is 2. The number of carbonyl (C=O) groups is 2. The minimum atomic E-state index is -0.477. The molecule has 0 saturated heterocycles. The van der Waals surface area contributed by atoms with E-state index in [0.717, 1.165) is 46.7 Å². The van der Waals surface area contributed by atoms with Crippen LogP contribution in [0.25, 0.3) is 10.8 Å². The molecule has 2 aliphatic rings. The summed E-state index contributed by atoms with van der Waals surface area (Å²) in [5, 5.41) is 1.60. The second-order valence-electron chi connectivity index (χ2n) is 7.62. The highest BCUT2D eigenvalue weighted by Crippen LogP contribution is 2.63. The van der Waals surface area contributed by atoms with Crippen LogP contribution in [0.3, 0.4) is 0 Å². The summed E-state index contributed by atoms with van der Waals surface area (Å²) in [6.07, 6.45) is 5.31. The average molecular weight is 376 g/mol. The second-order valence-corrected chi connectivity index (χ2v) is 7.62. The van der Waals surface area contributed by atoms with Gasteiger partial charge in [-0.1, -0.05) is 39.1 Å². The van der Waals surface area contributed by atoms with Gasteiger partial charge in [-0.15, -0.1) is 0 Å². The Morgan fingerprint density at radius 2 is 1.54 bits per heavy atom. The van der Waals surface area contributed by atoms with Gasteiger partial charge in [0.1, 0.15) is 11.5 Å². The highest BCUT2D eigenvalue weighted by molar-refractivity contribution is 6.01. The third-order valence-corrected chi connectivity index (χ3v) is 6.30. The third kappa shape index (κ3) is 2.67. The molecular formula is C24H24O4. The minimum absolute atomic E-state index is 0.295. The number of rotatable bonds is 5. The Morgan fingerprint density at radius 1 is 1.00 bits per heavy atom. The fourth-order valence-electron chi connectivity index (χ4n) is 4.95. The van der Waals surface area contributed by atoms with Crippen LogP contribution in [0, 0.1) is 5.92 Å². The van der Waals surface area contributed by atoms with E-state index in [-0.39, 0.29) is 0 Å². The zero-order chi connectivity index (χ0) is 20.0. The van der Waals surface area contributed by atoms with E-state index < -0.39 is 11.9 Å². The second kappa shape index (κ2) is 6.93. The summed E-state index contributed by atoms with van der Waals surface area (Å²) >= 11 is 0. The summed E-state index contributed by atoms with van der Waals surface area (Å²) < 4.78 is 11.6.